The molecule has 1 saturated carbocycles. The van der Waals surface area contributed by atoms with Crippen molar-refractivity contribution in [2.75, 3.05) is 39.4 Å². The first-order chi connectivity index (χ1) is 12.1. The van der Waals surface area contributed by atoms with E-state index in [-0.39, 0.29) is 11.7 Å². The van der Waals surface area contributed by atoms with E-state index in [9.17, 15) is 9.18 Å². The molecule has 1 aromatic rings. The zero-order valence-corrected chi connectivity index (χ0v) is 14.9. The zero-order valence-electron chi connectivity index (χ0n) is 14.9. The predicted octanol–water partition coefficient (Wildman–Crippen LogP) is 2.43. The summed E-state index contributed by atoms with van der Waals surface area (Å²) in [7, 11) is 0. The van der Waals surface area contributed by atoms with Crippen LogP contribution in [0.4, 0.5) is 4.39 Å². The van der Waals surface area contributed by atoms with Gasteiger partial charge in [-0.1, -0.05) is 25.5 Å². The van der Waals surface area contributed by atoms with Gasteiger partial charge in [-0.2, -0.15) is 0 Å². The van der Waals surface area contributed by atoms with Gasteiger partial charge in [0.05, 0.1) is 18.6 Å². The number of carbonyl (C=O) groups is 1. The molecule has 1 amide bonds. The fourth-order valence-electron chi connectivity index (χ4n) is 4.73. The number of carbonyl (C=O) groups excluding carboxylic acids is 1. The van der Waals surface area contributed by atoms with Crippen LogP contribution in [0.1, 0.15) is 31.7 Å². The maximum Gasteiger partial charge on any atom is 0.233 e. The number of benzene rings is 1. The third-order valence-electron chi connectivity index (χ3n) is 6.39. The number of ether oxygens (including phenoxy) is 1. The summed E-state index contributed by atoms with van der Waals surface area (Å²) in [5, 5.41) is 0. The average Bonchev–Trinajstić information content (AvgIpc) is 2.98. The van der Waals surface area contributed by atoms with E-state index < -0.39 is 5.41 Å². The summed E-state index contributed by atoms with van der Waals surface area (Å²) >= 11 is 0. The molecule has 0 unspecified atom stereocenters. The van der Waals surface area contributed by atoms with Crippen molar-refractivity contribution < 1.29 is 13.9 Å². The highest BCUT2D eigenvalue weighted by Crippen LogP contribution is 2.46. The van der Waals surface area contributed by atoms with Crippen molar-refractivity contribution in [3.63, 3.8) is 0 Å². The van der Waals surface area contributed by atoms with Crippen LogP contribution in [0.15, 0.2) is 24.3 Å². The number of likely N-dealkylation sites (tertiary alicyclic amines) is 1. The first-order valence-electron chi connectivity index (χ1n) is 9.47. The quantitative estimate of drug-likeness (QED) is 0.843. The SMILES string of the molecule is C[C@@H]1CN(C(=O)C2(c3ccc(F)cc3)CCC2)C[C@@H]1N1CCOCC1. The van der Waals surface area contributed by atoms with Crippen LogP contribution in [0.5, 0.6) is 0 Å². The van der Waals surface area contributed by atoms with E-state index in [4.69, 9.17) is 4.74 Å². The largest absolute Gasteiger partial charge is 0.379 e. The Hall–Kier alpha value is -1.46. The van der Waals surface area contributed by atoms with Crippen molar-refractivity contribution in [3.8, 4) is 0 Å². The minimum Gasteiger partial charge on any atom is -0.379 e. The summed E-state index contributed by atoms with van der Waals surface area (Å²) < 4.78 is 18.8. The van der Waals surface area contributed by atoms with Gasteiger partial charge in [0.2, 0.25) is 5.91 Å². The molecule has 5 heteroatoms. The van der Waals surface area contributed by atoms with Crippen molar-refractivity contribution in [1.82, 2.24) is 9.80 Å². The van der Waals surface area contributed by atoms with Gasteiger partial charge >= 0.3 is 0 Å². The second-order valence-electron chi connectivity index (χ2n) is 7.85. The highest BCUT2D eigenvalue weighted by Gasteiger charge is 2.50. The van der Waals surface area contributed by atoms with E-state index >= 15 is 0 Å². The lowest BCUT2D eigenvalue weighted by molar-refractivity contribution is -0.140. The maximum absolute atomic E-state index is 13.4. The van der Waals surface area contributed by atoms with Crippen LogP contribution in [0.25, 0.3) is 0 Å². The Bertz CT molecular complexity index is 623. The lowest BCUT2D eigenvalue weighted by Gasteiger charge is -2.43. The number of hydrogen-bond acceptors (Lipinski definition) is 3. The van der Waals surface area contributed by atoms with Crippen molar-refractivity contribution in [3.05, 3.63) is 35.6 Å². The predicted molar refractivity (Wildman–Crippen MR) is 93.9 cm³/mol. The second-order valence-corrected chi connectivity index (χ2v) is 7.85. The Morgan fingerprint density at radius 1 is 1.16 bits per heavy atom. The normalized spacial score (nSPS) is 29.4. The van der Waals surface area contributed by atoms with E-state index in [0.717, 1.165) is 64.2 Å². The minimum absolute atomic E-state index is 0.243. The maximum atomic E-state index is 13.4. The van der Waals surface area contributed by atoms with Gasteiger partial charge in [-0.05, 0) is 36.5 Å². The number of rotatable bonds is 3. The van der Waals surface area contributed by atoms with Gasteiger partial charge in [0.25, 0.3) is 0 Å². The number of morpholine rings is 1. The molecule has 4 rings (SSSR count). The molecule has 2 aliphatic heterocycles. The molecule has 0 bridgehead atoms. The highest BCUT2D eigenvalue weighted by molar-refractivity contribution is 5.89. The van der Waals surface area contributed by atoms with Crippen LogP contribution in [0.2, 0.25) is 0 Å². The zero-order chi connectivity index (χ0) is 17.4. The number of halogens is 1. The summed E-state index contributed by atoms with van der Waals surface area (Å²) in [6.45, 7) is 7.37. The first-order valence-corrected chi connectivity index (χ1v) is 9.47. The molecular weight excluding hydrogens is 319 g/mol. The highest BCUT2D eigenvalue weighted by atomic mass is 19.1. The molecule has 3 aliphatic rings. The molecule has 0 radical (unpaired) electrons. The molecular formula is C20H27FN2O2. The average molecular weight is 346 g/mol. The molecule has 1 aliphatic carbocycles. The van der Waals surface area contributed by atoms with E-state index in [1.54, 1.807) is 12.1 Å². The smallest absolute Gasteiger partial charge is 0.233 e. The minimum atomic E-state index is -0.423. The van der Waals surface area contributed by atoms with Gasteiger partial charge in [0, 0.05) is 32.2 Å². The van der Waals surface area contributed by atoms with E-state index in [1.165, 1.54) is 12.1 Å². The summed E-state index contributed by atoms with van der Waals surface area (Å²) in [5.41, 5.74) is 0.556. The first kappa shape index (κ1) is 17.0. The van der Waals surface area contributed by atoms with Crippen LogP contribution in [0, 0.1) is 11.7 Å². The number of nitrogens with zero attached hydrogens (tertiary/aromatic N) is 2. The summed E-state index contributed by atoms with van der Waals surface area (Å²) in [5.74, 6) is 0.480. The summed E-state index contributed by atoms with van der Waals surface area (Å²) in [6, 6.07) is 6.98. The van der Waals surface area contributed by atoms with Crippen LogP contribution < -0.4 is 0 Å². The molecule has 0 aromatic heterocycles. The van der Waals surface area contributed by atoms with Crippen LogP contribution in [0.3, 0.4) is 0 Å². The molecule has 4 nitrogen and oxygen atoms in total. The third-order valence-corrected chi connectivity index (χ3v) is 6.39. The van der Waals surface area contributed by atoms with Gasteiger partial charge in [0.15, 0.2) is 0 Å². The molecule has 3 fully saturated rings. The molecule has 1 aromatic carbocycles. The molecule has 2 saturated heterocycles. The number of hydrogen-bond donors (Lipinski definition) is 0. The van der Waals surface area contributed by atoms with Crippen LogP contribution in [-0.2, 0) is 14.9 Å². The Labute approximate surface area is 148 Å². The molecule has 0 spiro atoms. The van der Waals surface area contributed by atoms with Crippen molar-refractivity contribution in [1.29, 1.82) is 0 Å². The van der Waals surface area contributed by atoms with Gasteiger partial charge in [0.1, 0.15) is 5.82 Å². The van der Waals surface area contributed by atoms with Crippen molar-refractivity contribution >= 4 is 5.91 Å². The van der Waals surface area contributed by atoms with E-state index in [1.807, 2.05) is 0 Å². The van der Waals surface area contributed by atoms with Gasteiger partial charge in [-0.25, -0.2) is 4.39 Å². The fraction of sp³-hybridized carbons (Fsp3) is 0.650. The van der Waals surface area contributed by atoms with Crippen molar-refractivity contribution in [2.24, 2.45) is 5.92 Å². The monoisotopic (exact) mass is 346 g/mol. The molecule has 2 heterocycles. The lowest BCUT2D eigenvalue weighted by atomic mass is 9.63. The van der Waals surface area contributed by atoms with Crippen LogP contribution in [-0.4, -0.2) is 61.1 Å². The second kappa shape index (κ2) is 6.69. The molecule has 0 N–H and O–H groups in total. The number of amides is 1. The molecule has 136 valence electrons. The fourth-order valence-corrected chi connectivity index (χ4v) is 4.73. The standard InChI is InChI=1S/C20H27FN2O2/c1-15-13-23(14-18(15)22-9-11-25-12-10-22)19(24)20(7-2-8-20)16-3-5-17(21)6-4-16/h3-6,15,18H,2,7-14H2,1H3/t15-,18+/m1/s1. The van der Waals surface area contributed by atoms with Gasteiger partial charge in [-0.15, -0.1) is 0 Å². The lowest BCUT2D eigenvalue weighted by Crippen LogP contribution is -2.51. The Kier molecular flexibility index (Phi) is 4.54. The molecule has 25 heavy (non-hydrogen) atoms. The molecule has 2 atom stereocenters. The summed E-state index contributed by atoms with van der Waals surface area (Å²) in [4.78, 5) is 17.9. The van der Waals surface area contributed by atoms with Crippen LogP contribution >= 0.6 is 0 Å². The summed E-state index contributed by atoms with van der Waals surface area (Å²) in [6.07, 6.45) is 2.83. The van der Waals surface area contributed by atoms with Gasteiger partial charge < -0.3 is 9.64 Å². The third kappa shape index (κ3) is 2.97. The Balaban J connectivity index is 1.51. The Morgan fingerprint density at radius 2 is 1.84 bits per heavy atom. The van der Waals surface area contributed by atoms with E-state index in [2.05, 4.69) is 16.7 Å². The Morgan fingerprint density at radius 3 is 2.44 bits per heavy atom. The van der Waals surface area contributed by atoms with Gasteiger partial charge in [-0.3, -0.25) is 9.69 Å². The topological polar surface area (TPSA) is 32.8 Å². The van der Waals surface area contributed by atoms with Crippen molar-refractivity contribution in [2.45, 2.75) is 37.6 Å². The van der Waals surface area contributed by atoms with E-state index in [0.29, 0.717) is 12.0 Å².